The Morgan fingerprint density at radius 3 is 2.62 bits per heavy atom. The number of rotatable bonds is 8. The third-order valence-electron chi connectivity index (χ3n) is 4.15. The van der Waals surface area contributed by atoms with Gasteiger partial charge >= 0.3 is 5.69 Å². The maximum atomic E-state index is 12.2. The normalized spacial score (nSPS) is 26.8. The highest BCUT2D eigenvalue weighted by Crippen LogP contribution is 2.34. The van der Waals surface area contributed by atoms with E-state index in [4.69, 9.17) is 18.9 Å². The number of H-pyrrole nitrogens is 1. The molecule has 0 aromatic carbocycles. The minimum Gasteiger partial charge on any atom is -0.382 e. The van der Waals surface area contributed by atoms with Gasteiger partial charge in [0.25, 0.3) is 5.56 Å². The van der Waals surface area contributed by atoms with Crippen LogP contribution in [0.25, 0.3) is 0 Å². The number of aryl methyl sites for hydroxylation is 1. The van der Waals surface area contributed by atoms with Crippen LogP contribution >= 0.6 is 0 Å². The lowest BCUT2D eigenvalue weighted by Crippen LogP contribution is -2.40. The average Bonchev–Trinajstić information content (AvgIpc) is 2.89. The molecule has 4 atom stereocenters. The number of aromatic nitrogens is 2. The Kier molecular flexibility index (Phi) is 6.73. The van der Waals surface area contributed by atoms with Gasteiger partial charge in [0, 0.05) is 26.0 Å². The molecule has 1 aromatic rings. The van der Waals surface area contributed by atoms with Gasteiger partial charge in [-0.3, -0.25) is 14.3 Å². The Morgan fingerprint density at radius 1 is 1.25 bits per heavy atom. The molecule has 2 rings (SSSR count). The van der Waals surface area contributed by atoms with Gasteiger partial charge in [-0.25, -0.2) is 4.79 Å². The summed E-state index contributed by atoms with van der Waals surface area (Å²) in [6.45, 7) is 4.48. The topological polar surface area (TPSA) is 91.8 Å². The van der Waals surface area contributed by atoms with Crippen LogP contribution in [0.3, 0.4) is 0 Å². The van der Waals surface area contributed by atoms with Crippen LogP contribution in [0, 0.1) is 6.92 Å². The lowest BCUT2D eigenvalue weighted by Gasteiger charge is -2.24. The fourth-order valence-corrected chi connectivity index (χ4v) is 2.95. The summed E-state index contributed by atoms with van der Waals surface area (Å²) < 4.78 is 23.9. The summed E-state index contributed by atoms with van der Waals surface area (Å²) in [5, 5.41) is 0. The number of ether oxygens (including phenoxy) is 4. The number of aromatic amines is 1. The van der Waals surface area contributed by atoms with Crippen LogP contribution in [-0.2, 0) is 18.9 Å². The molecule has 0 amide bonds. The third-order valence-corrected chi connectivity index (χ3v) is 4.15. The molecule has 0 saturated carbocycles. The Hall–Kier alpha value is -1.48. The van der Waals surface area contributed by atoms with Crippen molar-refractivity contribution >= 4 is 0 Å². The van der Waals surface area contributed by atoms with Gasteiger partial charge in [-0.2, -0.15) is 0 Å². The zero-order valence-corrected chi connectivity index (χ0v) is 14.6. The zero-order chi connectivity index (χ0) is 17.7. The minimum absolute atomic E-state index is 0.184. The molecule has 24 heavy (non-hydrogen) atoms. The molecule has 1 N–H and O–H groups in total. The first kappa shape index (κ1) is 18.9. The number of methoxy groups -OCH3 is 2. The molecule has 0 spiro atoms. The molecule has 1 aromatic heterocycles. The van der Waals surface area contributed by atoms with Crippen molar-refractivity contribution in [3.8, 4) is 0 Å². The second-order valence-corrected chi connectivity index (χ2v) is 5.86. The first-order valence-electron chi connectivity index (χ1n) is 8.14. The van der Waals surface area contributed by atoms with Crippen molar-refractivity contribution in [2.45, 2.75) is 51.2 Å². The van der Waals surface area contributed by atoms with Gasteiger partial charge in [-0.15, -0.1) is 0 Å². The molecule has 2 heterocycles. The average molecular weight is 342 g/mol. The quantitative estimate of drug-likeness (QED) is 0.695. The fourth-order valence-electron chi connectivity index (χ4n) is 2.95. The van der Waals surface area contributed by atoms with Crippen molar-refractivity contribution in [3.05, 3.63) is 32.6 Å². The number of nitrogens with one attached hydrogen (secondary N) is 1. The van der Waals surface area contributed by atoms with E-state index in [1.54, 1.807) is 21.1 Å². The largest absolute Gasteiger partial charge is 0.382 e. The molecule has 8 heteroatoms. The van der Waals surface area contributed by atoms with E-state index in [0.717, 1.165) is 12.8 Å². The van der Waals surface area contributed by atoms with Crippen molar-refractivity contribution in [3.63, 3.8) is 0 Å². The maximum Gasteiger partial charge on any atom is 0.330 e. The maximum absolute atomic E-state index is 12.2. The van der Waals surface area contributed by atoms with Gasteiger partial charge in [-0.1, -0.05) is 13.3 Å². The first-order chi connectivity index (χ1) is 11.5. The number of hydrogen-bond donors (Lipinski definition) is 1. The van der Waals surface area contributed by atoms with E-state index >= 15 is 0 Å². The molecule has 8 nitrogen and oxygen atoms in total. The molecule has 1 saturated heterocycles. The van der Waals surface area contributed by atoms with E-state index in [0.29, 0.717) is 18.8 Å². The Morgan fingerprint density at radius 2 is 2.00 bits per heavy atom. The molecular formula is C16H26N2O6. The monoisotopic (exact) mass is 342 g/mol. The molecule has 1 aliphatic rings. The molecule has 1 fully saturated rings. The van der Waals surface area contributed by atoms with Crippen LogP contribution < -0.4 is 11.2 Å². The highest BCUT2D eigenvalue weighted by molar-refractivity contribution is 5.03. The van der Waals surface area contributed by atoms with Gasteiger partial charge in [0.1, 0.15) is 12.2 Å². The first-order valence-corrected chi connectivity index (χ1v) is 8.14. The van der Waals surface area contributed by atoms with Crippen molar-refractivity contribution in [2.75, 3.05) is 27.4 Å². The van der Waals surface area contributed by atoms with Crippen LogP contribution in [0.4, 0.5) is 0 Å². The Bertz CT molecular complexity index is 640. The zero-order valence-electron chi connectivity index (χ0n) is 14.6. The lowest BCUT2D eigenvalue weighted by atomic mass is 10.1. The fraction of sp³-hybridized carbons (Fsp3) is 0.750. The van der Waals surface area contributed by atoms with Gasteiger partial charge in [0.05, 0.1) is 19.3 Å². The van der Waals surface area contributed by atoms with E-state index in [-0.39, 0.29) is 12.2 Å². The van der Waals surface area contributed by atoms with Gasteiger partial charge in [0.2, 0.25) is 0 Å². The summed E-state index contributed by atoms with van der Waals surface area (Å²) >= 11 is 0. The summed E-state index contributed by atoms with van der Waals surface area (Å²) in [5.74, 6) is 0. The molecule has 136 valence electrons. The third kappa shape index (κ3) is 3.94. The lowest BCUT2D eigenvalue weighted by molar-refractivity contribution is -0.0839. The smallest absolute Gasteiger partial charge is 0.330 e. The van der Waals surface area contributed by atoms with Crippen molar-refractivity contribution in [1.29, 1.82) is 0 Å². The molecule has 1 unspecified atom stereocenters. The molecule has 0 radical (unpaired) electrons. The predicted molar refractivity (Wildman–Crippen MR) is 87.3 cm³/mol. The number of hydrogen-bond acceptors (Lipinski definition) is 6. The summed E-state index contributed by atoms with van der Waals surface area (Å²) in [6, 6.07) is 0. The standard InChI is InChI=1S/C16H26N2O6/c1-5-6-11-12(22-4)13(23-8-7-21-3)15(24-11)18-9-10(2)14(19)17-16(18)20/h9,11-13,15H,5-8H2,1-4H3,(H,17,19,20)/t11-,12?,13+,15-/m1/s1. The second-order valence-electron chi connectivity index (χ2n) is 5.86. The summed E-state index contributed by atoms with van der Waals surface area (Å²) in [4.78, 5) is 26.1. The van der Waals surface area contributed by atoms with E-state index in [9.17, 15) is 9.59 Å². The highest BCUT2D eigenvalue weighted by Gasteiger charge is 2.46. The van der Waals surface area contributed by atoms with Crippen LogP contribution in [0.5, 0.6) is 0 Å². The predicted octanol–water partition coefficient (Wildman–Crippen LogP) is 0.589. The van der Waals surface area contributed by atoms with Gasteiger partial charge < -0.3 is 18.9 Å². The molecule has 0 bridgehead atoms. The van der Waals surface area contributed by atoms with Crippen LogP contribution in [0.2, 0.25) is 0 Å². The highest BCUT2D eigenvalue weighted by atomic mass is 16.6. The van der Waals surface area contributed by atoms with E-state index < -0.39 is 23.6 Å². The second kappa shape index (κ2) is 8.57. The van der Waals surface area contributed by atoms with E-state index in [1.165, 1.54) is 10.8 Å². The van der Waals surface area contributed by atoms with Crippen LogP contribution in [0.1, 0.15) is 31.6 Å². The summed E-state index contributed by atoms with van der Waals surface area (Å²) in [7, 11) is 3.20. The van der Waals surface area contributed by atoms with E-state index in [2.05, 4.69) is 11.9 Å². The Balaban J connectivity index is 2.35. The SMILES string of the molecule is CCC[C@H]1O[C@@H](n2cc(C)c(=O)[nH]c2=O)[C@@H](OCCOC)C1OC. The van der Waals surface area contributed by atoms with Crippen molar-refractivity contribution in [1.82, 2.24) is 9.55 Å². The summed E-state index contributed by atoms with van der Waals surface area (Å²) in [6.07, 6.45) is 1.59. The summed E-state index contributed by atoms with van der Waals surface area (Å²) in [5.41, 5.74) is -0.496. The molecule has 1 aliphatic heterocycles. The van der Waals surface area contributed by atoms with Crippen molar-refractivity contribution < 1.29 is 18.9 Å². The minimum atomic E-state index is -0.661. The number of nitrogens with zero attached hydrogens (tertiary/aromatic N) is 1. The molecular weight excluding hydrogens is 316 g/mol. The van der Waals surface area contributed by atoms with Crippen LogP contribution in [-0.4, -0.2) is 55.3 Å². The van der Waals surface area contributed by atoms with Gasteiger partial charge in [-0.05, 0) is 13.3 Å². The van der Waals surface area contributed by atoms with Crippen LogP contribution in [0.15, 0.2) is 15.8 Å². The van der Waals surface area contributed by atoms with Gasteiger partial charge in [0.15, 0.2) is 6.23 Å². The molecule has 0 aliphatic carbocycles. The van der Waals surface area contributed by atoms with E-state index in [1.807, 2.05) is 0 Å². The Labute approximate surface area is 140 Å². The van der Waals surface area contributed by atoms with Crippen molar-refractivity contribution in [2.24, 2.45) is 0 Å².